The summed E-state index contributed by atoms with van der Waals surface area (Å²) in [5, 5.41) is 11.1. The van der Waals surface area contributed by atoms with E-state index < -0.39 is 27.7 Å². The molecule has 1 fully saturated rings. The average molecular weight is 432 g/mol. The van der Waals surface area contributed by atoms with Gasteiger partial charge in [-0.05, 0) is 42.9 Å². The van der Waals surface area contributed by atoms with Gasteiger partial charge in [0, 0.05) is 11.7 Å². The van der Waals surface area contributed by atoms with Crippen molar-refractivity contribution in [1.82, 2.24) is 9.97 Å². The van der Waals surface area contributed by atoms with Gasteiger partial charge in [-0.2, -0.15) is 4.98 Å². The molecule has 30 heavy (non-hydrogen) atoms. The Morgan fingerprint density at radius 1 is 1.27 bits per heavy atom. The second kappa shape index (κ2) is 7.33. The summed E-state index contributed by atoms with van der Waals surface area (Å²) in [7, 11) is -3.90. The van der Waals surface area contributed by atoms with E-state index in [0.29, 0.717) is 11.3 Å². The normalized spacial score (nSPS) is 24.8. The van der Waals surface area contributed by atoms with Crippen molar-refractivity contribution in [2.45, 2.75) is 24.3 Å². The van der Waals surface area contributed by atoms with Crippen molar-refractivity contribution in [2.75, 3.05) is 10.6 Å². The Morgan fingerprint density at radius 3 is 2.70 bits per heavy atom. The molecule has 2 aliphatic carbocycles. The molecule has 9 nitrogen and oxygen atoms in total. The Labute approximate surface area is 172 Å². The largest absolute Gasteiger partial charge is 0.369 e. The highest BCUT2D eigenvalue weighted by molar-refractivity contribution is 7.89. The molecule has 2 aromatic rings. The van der Waals surface area contributed by atoms with E-state index in [1.54, 1.807) is 19.1 Å². The zero-order chi connectivity index (χ0) is 21.6. The second-order valence-electron chi connectivity index (χ2n) is 7.59. The summed E-state index contributed by atoms with van der Waals surface area (Å²) in [5.74, 6) is -1.47. The number of nitrogens with two attached hydrogens (primary N) is 2. The van der Waals surface area contributed by atoms with E-state index in [2.05, 4.69) is 20.6 Å². The first-order chi connectivity index (χ1) is 14.1. The van der Waals surface area contributed by atoms with Crippen LogP contribution in [0, 0.1) is 30.5 Å². The number of rotatable bonds is 6. The number of hydrogen-bond donors (Lipinski definition) is 4. The van der Waals surface area contributed by atoms with Crippen molar-refractivity contribution in [3.63, 3.8) is 0 Å². The molecule has 4 rings (SSSR count). The summed E-state index contributed by atoms with van der Waals surface area (Å²) >= 11 is 0. The summed E-state index contributed by atoms with van der Waals surface area (Å²) in [6.07, 6.45) is 5.75. The number of carbonyl (C=O) groups is 1. The summed E-state index contributed by atoms with van der Waals surface area (Å²) < 4.78 is 37.8. The van der Waals surface area contributed by atoms with Crippen molar-refractivity contribution in [3.8, 4) is 0 Å². The maximum atomic E-state index is 14.4. The van der Waals surface area contributed by atoms with Gasteiger partial charge in [0.1, 0.15) is 0 Å². The maximum Gasteiger partial charge on any atom is 0.238 e. The number of halogens is 1. The van der Waals surface area contributed by atoms with Gasteiger partial charge in [0.2, 0.25) is 21.9 Å². The number of nitrogens with zero attached hydrogens (tertiary/aromatic N) is 2. The highest BCUT2D eigenvalue weighted by Crippen LogP contribution is 2.44. The molecule has 1 amide bonds. The highest BCUT2D eigenvalue weighted by Gasteiger charge is 2.47. The standard InChI is InChI=1S/C19H21FN6O3S/c1-9-2-5-12(7-14(9)30(22,28)29)24-19-23-8-13(20)18(26-19)25-16-11-4-3-10(6-11)15(16)17(21)27/h2-5,7-8,10-11,15-16H,6H2,1H3,(H2,21,27)(H2,22,28,29)(H2,23,24,25,26)/t10-,11-,15-,16+/m0/s1. The fraction of sp³-hybridized carbons (Fsp3) is 0.316. The molecule has 0 aliphatic heterocycles. The van der Waals surface area contributed by atoms with Crippen LogP contribution < -0.4 is 21.5 Å². The van der Waals surface area contributed by atoms with Crippen molar-refractivity contribution in [1.29, 1.82) is 0 Å². The zero-order valence-corrected chi connectivity index (χ0v) is 16.9. The van der Waals surface area contributed by atoms with Crippen molar-refractivity contribution < 1.29 is 17.6 Å². The fourth-order valence-electron chi connectivity index (χ4n) is 4.21. The first-order valence-corrected chi connectivity index (χ1v) is 10.9. The monoisotopic (exact) mass is 432 g/mol. The zero-order valence-electron chi connectivity index (χ0n) is 16.0. The molecule has 6 N–H and O–H groups in total. The van der Waals surface area contributed by atoms with E-state index in [0.717, 1.165) is 12.6 Å². The topological polar surface area (TPSA) is 153 Å². The quantitative estimate of drug-likeness (QED) is 0.503. The number of anilines is 3. The number of primary sulfonamides is 1. The van der Waals surface area contributed by atoms with Gasteiger partial charge in [0.05, 0.1) is 17.0 Å². The molecule has 11 heteroatoms. The lowest BCUT2D eigenvalue weighted by Gasteiger charge is -2.27. The van der Waals surface area contributed by atoms with Crippen LogP contribution in [0.3, 0.4) is 0 Å². The Bertz CT molecular complexity index is 1150. The molecule has 158 valence electrons. The molecule has 0 saturated heterocycles. The molecule has 4 atom stereocenters. The highest BCUT2D eigenvalue weighted by atomic mass is 32.2. The van der Waals surface area contributed by atoms with Gasteiger partial charge in [-0.15, -0.1) is 0 Å². The van der Waals surface area contributed by atoms with Gasteiger partial charge < -0.3 is 16.4 Å². The molecule has 0 spiro atoms. The van der Waals surface area contributed by atoms with Crippen molar-refractivity contribution in [3.05, 3.63) is 47.9 Å². The summed E-state index contributed by atoms with van der Waals surface area (Å²) in [5.41, 5.74) is 6.42. The minimum absolute atomic E-state index is 0.0361. The van der Waals surface area contributed by atoms with Gasteiger partial charge >= 0.3 is 0 Å². The molecular weight excluding hydrogens is 411 g/mol. The molecule has 2 aliphatic rings. The van der Waals surface area contributed by atoms with E-state index >= 15 is 0 Å². The lowest BCUT2D eigenvalue weighted by Crippen LogP contribution is -2.41. The van der Waals surface area contributed by atoms with E-state index in [4.69, 9.17) is 10.9 Å². The van der Waals surface area contributed by atoms with Crippen molar-refractivity contribution >= 4 is 33.4 Å². The van der Waals surface area contributed by atoms with Crippen LogP contribution in [0.1, 0.15) is 12.0 Å². The SMILES string of the molecule is Cc1ccc(Nc2ncc(F)c(N[C@H]3[C@@H](C(N)=O)[C@H]4C=C[C@H]3C4)n2)cc1S(N)(=O)=O. The van der Waals surface area contributed by atoms with Crippen LogP contribution in [-0.4, -0.2) is 30.3 Å². The minimum Gasteiger partial charge on any atom is -0.369 e. The fourth-order valence-corrected chi connectivity index (χ4v) is 5.01. The minimum atomic E-state index is -3.90. The number of benzene rings is 1. The van der Waals surface area contributed by atoms with Gasteiger partial charge in [-0.25, -0.2) is 22.9 Å². The van der Waals surface area contributed by atoms with Crippen LogP contribution in [0.25, 0.3) is 0 Å². The molecular formula is C19H21FN6O3S. The number of carbonyl (C=O) groups excluding carboxylic acids is 1. The number of aryl methyl sites for hydroxylation is 1. The third kappa shape index (κ3) is 3.73. The van der Waals surface area contributed by atoms with Crippen molar-refractivity contribution in [2.24, 2.45) is 28.6 Å². The number of amides is 1. The van der Waals surface area contributed by atoms with Crippen LogP contribution in [-0.2, 0) is 14.8 Å². The number of allylic oxidation sites excluding steroid dienone is 1. The number of fused-ring (bicyclic) bond motifs is 2. The number of nitrogens with one attached hydrogen (secondary N) is 2. The molecule has 1 aromatic carbocycles. The smallest absolute Gasteiger partial charge is 0.238 e. The van der Waals surface area contributed by atoms with Gasteiger partial charge in [-0.3, -0.25) is 4.79 Å². The Hall–Kier alpha value is -3.05. The number of hydrogen-bond acceptors (Lipinski definition) is 7. The molecule has 1 heterocycles. The summed E-state index contributed by atoms with van der Waals surface area (Å²) in [4.78, 5) is 19.9. The Balaban J connectivity index is 1.59. The van der Waals surface area contributed by atoms with Gasteiger partial charge in [-0.1, -0.05) is 18.2 Å². The summed E-state index contributed by atoms with van der Waals surface area (Å²) in [6, 6.07) is 4.22. The molecule has 1 aromatic heterocycles. The van der Waals surface area contributed by atoms with Crippen LogP contribution in [0.4, 0.5) is 21.8 Å². The predicted octanol–water partition coefficient (Wildman–Crippen LogP) is 1.40. The van der Waals surface area contributed by atoms with Gasteiger partial charge in [0.25, 0.3) is 0 Å². The van der Waals surface area contributed by atoms with Gasteiger partial charge in [0.15, 0.2) is 11.6 Å². The van der Waals surface area contributed by atoms with E-state index in [-0.39, 0.29) is 34.5 Å². The third-order valence-corrected chi connectivity index (χ3v) is 6.64. The molecule has 1 saturated carbocycles. The Morgan fingerprint density at radius 2 is 2.00 bits per heavy atom. The summed E-state index contributed by atoms with van der Waals surface area (Å²) in [6.45, 7) is 1.62. The maximum absolute atomic E-state index is 14.4. The van der Waals surface area contributed by atoms with Crippen LogP contribution in [0.15, 0.2) is 41.4 Å². The van der Waals surface area contributed by atoms with E-state index in [1.165, 1.54) is 6.07 Å². The molecule has 0 unspecified atom stereocenters. The van der Waals surface area contributed by atoms with Crippen LogP contribution in [0.2, 0.25) is 0 Å². The van der Waals surface area contributed by atoms with E-state index in [9.17, 15) is 17.6 Å². The van der Waals surface area contributed by atoms with Crippen LogP contribution >= 0.6 is 0 Å². The Kier molecular flexibility index (Phi) is 4.94. The lowest BCUT2D eigenvalue weighted by molar-refractivity contribution is -0.122. The molecule has 2 bridgehead atoms. The second-order valence-corrected chi connectivity index (χ2v) is 9.12. The average Bonchev–Trinajstić information content (AvgIpc) is 3.26. The molecule has 0 radical (unpaired) electrons. The first kappa shape index (κ1) is 20.2. The predicted molar refractivity (Wildman–Crippen MR) is 109 cm³/mol. The number of aromatic nitrogens is 2. The lowest BCUT2D eigenvalue weighted by atomic mass is 9.88. The first-order valence-electron chi connectivity index (χ1n) is 9.30. The van der Waals surface area contributed by atoms with Crippen LogP contribution in [0.5, 0.6) is 0 Å². The number of sulfonamides is 1. The van der Waals surface area contributed by atoms with E-state index in [1.807, 2.05) is 12.2 Å². The number of primary amides is 1. The third-order valence-electron chi connectivity index (χ3n) is 5.59.